The molecule has 1 heterocycles. The van der Waals surface area contributed by atoms with E-state index in [0.717, 1.165) is 25.0 Å². The van der Waals surface area contributed by atoms with E-state index in [4.69, 9.17) is 10.6 Å². The van der Waals surface area contributed by atoms with Gasteiger partial charge in [0.15, 0.2) is 0 Å². The number of para-hydroxylation sites is 1. The predicted molar refractivity (Wildman–Crippen MR) is 83.1 cm³/mol. The van der Waals surface area contributed by atoms with Gasteiger partial charge in [-0.3, -0.25) is 16.3 Å². The van der Waals surface area contributed by atoms with Gasteiger partial charge < -0.3 is 4.74 Å². The second-order valence-corrected chi connectivity index (χ2v) is 5.48. The van der Waals surface area contributed by atoms with Crippen LogP contribution in [0, 0.1) is 0 Å². The van der Waals surface area contributed by atoms with Crippen molar-refractivity contribution in [2.45, 2.75) is 31.2 Å². The average molecular weight is 283 g/mol. The molecule has 2 atom stereocenters. The Kier molecular flexibility index (Phi) is 4.18. The van der Waals surface area contributed by atoms with E-state index in [1.807, 2.05) is 30.5 Å². The van der Waals surface area contributed by atoms with E-state index in [1.165, 1.54) is 16.8 Å². The highest BCUT2D eigenvalue weighted by atomic mass is 16.5. The summed E-state index contributed by atoms with van der Waals surface area (Å²) < 4.78 is 5.44. The molecule has 3 N–H and O–H groups in total. The Morgan fingerprint density at radius 2 is 2.19 bits per heavy atom. The fraction of sp³-hybridized carbons (Fsp3) is 0.353. The van der Waals surface area contributed by atoms with Crippen LogP contribution >= 0.6 is 0 Å². The van der Waals surface area contributed by atoms with Crippen LogP contribution in [0.4, 0.5) is 0 Å². The Morgan fingerprint density at radius 1 is 1.33 bits per heavy atom. The van der Waals surface area contributed by atoms with Crippen molar-refractivity contribution in [3.63, 3.8) is 0 Å². The summed E-state index contributed by atoms with van der Waals surface area (Å²) in [6.07, 6.45) is 4.88. The Hall–Kier alpha value is -1.91. The van der Waals surface area contributed by atoms with Crippen molar-refractivity contribution in [2.75, 3.05) is 7.11 Å². The molecule has 0 aliphatic heterocycles. The largest absolute Gasteiger partial charge is 0.496 e. The maximum atomic E-state index is 5.83. The zero-order chi connectivity index (χ0) is 14.7. The molecule has 110 valence electrons. The maximum absolute atomic E-state index is 5.83. The monoisotopic (exact) mass is 283 g/mol. The number of nitrogens with zero attached hydrogens (tertiary/aromatic N) is 1. The van der Waals surface area contributed by atoms with Crippen molar-refractivity contribution >= 4 is 0 Å². The Morgan fingerprint density at radius 3 is 3.00 bits per heavy atom. The van der Waals surface area contributed by atoms with Crippen LogP contribution in [-0.2, 0) is 12.8 Å². The quantitative estimate of drug-likeness (QED) is 0.652. The van der Waals surface area contributed by atoms with Gasteiger partial charge in [0.25, 0.3) is 0 Å². The third-order valence-corrected chi connectivity index (χ3v) is 4.33. The van der Waals surface area contributed by atoms with Crippen LogP contribution in [0.2, 0.25) is 0 Å². The highest BCUT2D eigenvalue weighted by Gasteiger charge is 2.30. The lowest BCUT2D eigenvalue weighted by molar-refractivity contribution is 0.393. The van der Waals surface area contributed by atoms with Crippen molar-refractivity contribution in [2.24, 2.45) is 5.84 Å². The number of methoxy groups -OCH3 is 1. The molecule has 4 nitrogen and oxygen atoms in total. The van der Waals surface area contributed by atoms with Crippen LogP contribution in [0.3, 0.4) is 0 Å². The highest BCUT2D eigenvalue weighted by molar-refractivity contribution is 5.36. The number of aromatic nitrogens is 1. The van der Waals surface area contributed by atoms with Gasteiger partial charge in [-0.2, -0.15) is 0 Å². The highest BCUT2D eigenvalue weighted by Crippen LogP contribution is 2.35. The fourth-order valence-corrected chi connectivity index (χ4v) is 3.26. The van der Waals surface area contributed by atoms with Crippen LogP contribution in [0.5, 0.6) is 5.75 Å². The number of hydrogen-bond acceptors (Lipinski definition) is 4. The van der Waals surface area contributed by atoms with Crippen molar-refractivity contribution in [1.82, 2.24) is 10.4 Å². The molecular formula is C17H21N3O. The lowest BCUT2D eigenvalue weighted by atomic mass is 9.91. The third kappa shape index (κ3) is 2.77. The topological polar surface area (TPSA) is 60.2 Å². The molecule has 2 aromatic rings. The first kappa shape index (κ1) is 14.0. The van der Waals surface area contributed by atoms with E-state index < -0.39 is 0 Å². The van der Waals surface area contributed by atoms with Gasteiger partial charge in [-0.15, -0.1) is 0 Å². The van der Waals surface area contributed by atoms with Crippen molar-refractivity contribution in [3.8, 4) is 5.75 Å². The minimum atomic E-state index is 0.164. The van der Waals surface area contributed by atoms with Gasteiger partial charge in [0.2, 0.25) is 0 Å². The Labute approximate surface area is 125 Å². The minimum absolute atomic E-state index is 0.164. The maximum Gasteiger partial charge on any atom is 0.122 e. The third-order valence-electron chi connectivity index (χ3n) is 4.33. The van der Waals surface area contributed by atoms with Crippen LogP contribution < -0.4 is 16.0 Å². The number of nitrogens with one attached hydrogen (secondary N) is 1. The normalized spacial score (nSPS) is 18.3. The molecule has 2 unspecified atom stereocenters. The number of hydrogen-bond donors (Lipinski definition) is 2. The molecule has 0 radical (unpaired) electrons. The van der Waals surface area contributed by atoms with Gasteiger partial charge >= 0.3 is 0 Å². The second kappa shape index (κ2) is 6.24. The summed E-state index contributed by atoms with van der Waals surface area (Å²) in [4.78, 5) is 4.57. The van der Waals surface area contributed by atoms with E-state index >= 15 is 0 Å². The Balaban J connectivity index is 1.83. The van der Waals surface area contributed by atoms with Gasteiger partial charge in [-0.1, -0.05) is 24.3 Å². The molecule has 0 fully saturated rings. The Bertz CT molecular complexity index is 614. The summed E-state index contributed by atoms with van der Waals surface area (Å²) in [6.45, 7) is 0. The number of aryl methyl sites for hydroxylation is 1. The predicted octanol–water partition coefficient (Wildman–Crippen LogP) is 2.19. The lowest BCUT2D eigenvalue weighted by Gasteiger charge is -2.24. The summed E-state index contributed by atoms with van der Waals surface area (Å²) in [5.74, 6) is 7.10. The molecule has 1 aliphatic rings. The van der Waals surface area contributed by atoms with Gasteiger partial charge in [0.05, 0.1) is 7.11 Å². The van der Waals surface area contributed by atoms with E-state index in [2.05, 4.69) is 22.5 Å². The summed E-state index contributed by atoms with van der Waals surface area (Å²) in [6, 6.07) is 12.4. The first-order valence-electron chi connectivity index (χ1n) is 7.35. The van der Waals surface area contributed by atoms with Crippen molar-refractivity contribution in [3.05, 3.63) is 59.4 Å². The van der Waals surface area contributed by atoms with E-state index in [-0.39, 0.29) is 6.04 Å². The summed E-state index contributed by atoms with van der Waals surface area (Å²) in [5.41, 5.74) is 6.70. The SMILES string of the molecule is COc1ccccc1CC(NN)C1CCc2cccnc21. The number of benzene rings is 1. The van der Waals surface area contributed by atoms with Crippen LogP contribution in [0.1, 0.15) is 29.2 Å². The van der Waals surface area contributed by atoms with E-state index in [9.17, 15) is 0 Å². The van der Waals surface area contributed by atoms with Crippen molar-refractivity contribution in [1.29, 1.82) is 0 Å². The first-order valence-corrected chi connectivity index (χ1v) is 7.35. The number of hydrazine groups is 1. The van der Waals surface area contributed by atoms with Crippen LogP contribution in [0.15, 0.2) is 42.6 Å². The molecule has 1 aliphatic carbocycles. The molecule has 21 heavy (non-hydrogen) atoms. The number of nitrogens with two attached hydrogens (primary N) is 1. The summed E-state index contributed by atoms with van der Waals surface area (Å²) in [5, 5.41) is 0. The molecule has 0 saturated heterocycles. The number of fused-ring (bicyclic) bond motifs is 1. The molecule has 4 heteroatoms. The molecular weight excluding hydrogens is 262 g/mol. The standard InChI is InChI=1S/C17H21N3O/c1-21-16-7-3-2-5-13(16)11-15(20-18)14-9-8-12-6-4-10-19-17(12)14/h2-7,10,14-15,20H,8-9,11,18H2,1H3. The first-order chi connectivity index (χ1) is 10.3. The minimum Gasteiger partial charge on any atom is -0.496 e. The van der Waals surface area contributed by atoms with Gasteiger partial charge in [0, 0.05) is 23.9 Å². The molecule has 3 rings (SSSR count). The van der Waals surface area contributed by atoms with Crippen LogP contribution in [0.25, 0.3) is 0 Å². The van der Waals surface area contributed by atoms with E-state index in [0.29, 0.717) is 5.92 Å². The summed E-state index contributed by atoms with van der Waals surface area (Å²) >= 11 is 0. The number of ether oxygens (including phenoxy) is 1. The molecule has 0 bridgehead atoms. The van der Waals surface area contributed by atoms with E-state index in [1.54, 1.807) is 7.11 Å². The number of pyridine rings is 1. The zero-order valence-electron chi connectivity index (χ0n) is 12.3. The molecule has 0 saturated carbocycles. The second-order valence-electron chi connectivity index (χ2n) is 5.48. The lowest BCUT2D eigenvalue weighted by Crippen LogP contribution is -2.41. The van der Waals surface area contributed by atoms with Gasteiger partial charge in [0.1, 0.15) is 5.75 Å². The molecule has 0 amide bonds. The smallest absolute Gasteiger partial charge is 0.122 e. The van der Waals surface area contributed by atoms with Gasteiger partial charge in [-0.25, -0.2) is 0 Å². The molecule has 1 aromatic carbocycles. The zero-order valence-corrected chi connectivity index (χ0v) is 12.3. The fourth-order valence-electron chi connectivity index (χ4n) is 3.26. The average Bonchev–Trinajstić information content (AvgIpc) is 2.97. The van der Waals surface area contributed by atoms with Crippen LogP contribution in [-0.4, -0.2) is 18.1 Å². The summed E-state index contributed by atoms with van der Waals surface area (Å²) in [7, 11) is 1.70. The van der Waals surface area contributed by atoms with Crippen molar-refractivity contribution < 1.29 is 4.74 Å². The molecule has 0 spiro atoms. The number of rotatable bonds is 5. The van der Waals surface area contributed by atoms with Gasteiger partial charge in [-0.05, 0) is 42.5 Å². The molecule has 1 aromatic heterocycles.